The lowest BCUT2D eigenvalue weighted by atomic mass is 10.2. The van der Waals surface area contributed by atoms with E-state index in [4.69, 9.17) is 0 Å². The highest BCUT2D eigenvalue weighted by molar-refractivity contribution is 7.89. The van der Waals surface area contributed by atoms with Gasteiger partial charge in [0.1, 0.15) is 0 Å². The lowest BCUT2D eigenvalue weighted by molar-refractivity contribution is 0.319. The van der Waals surface area contributed by atoms with Gasteiger partial charge in [-0.1, -0.05) is 13.8 Å². The van der Waals surface area contributed by atoms with Crippen molar-refractivity contribution in [1.29, 1.82) is 0 Å². The van der Waals surface area contributed by atoms with E-state index >= 15 is 0 Å². The molecule has 0 atom stereocenters. The van der Waals surface area contributed by atoms with E-state index < -0.39 is 10.0 Å². The quantitative estimate of drug-likeness (QED) is 0.909. The summed E-state index contributed by atoms with van der Waals surface area (Å²) >= 11 is 0. The molecule has 1 aromatic rings. The van der Waals surface area contributed by atoms with Gasteiger partial charge in [0.15, 0.2) is 0 Å². The molecule has 0 saturated carbocycles. The molecule has 2 rings (SSSR count). The molecular weight excluding hydrogens is 272 g/mol. The van der Waals surface area contributed by atoms with Crippen molar-refractivity contribution < 1.29 is 8.42 Å². The zero-order valence-corrected chi connectivity index (χ0v) is 13.5. The average Bonchev–Trinajstić information content (AvgIpc) is 2.82. The fourth-order valence-electron chi connectivity index (χ4n) is 2.52. The van der Waals surface area contributed by atoms with Crippen LogP contribution in [0.5, 0.6) is 0 Å². The molecule has 0 unspecified atom stereocenters. The fourth-order valence-corrected chi connectivity index (χ4v) is 4.37. The van der Waals surface area contributed by atoms with E-state index in [9.17, 15) is 8.42 Å². The number of hydrogen-bond donors (Lipinski definition) is 1. The minimum atomic E-state index is -3.41. The molecule has 0 aliphatic carbocycles. The summed E-state index contributed by atoms with van der Waals surface area (Å²) in [5, 5.41) is 3.25. The molecular formula is C15H24N2O2S. The van der Waals surface area contributed by atoms with Gasteiger partial charge in [0.05, 0.1) is 4.90 Å². The smallest absolute Gasteiger partial charge is 0.243 e. The summed E-state index contributed by atoms with van der Waals surface area (Å²) < 4.78 is 27.2. The van der Waals surface area contributed by atoms with Crippen molar-refractivity contribution in [2.45, 2.75) is 45.1 Å². The standard InChI is InChI=1S/C15H24N2O2S/c1-11(2)10-17(12(3)4)20(18,19)14-5-6-15-13(9-14)7-8-16-15/h5-6,9,11-12,16H,7-8,10H2,1-4H3. The van der Waals surface area contributed by atoms with E-state index in [1.807, 2.05) is 39.8 Å². The SMILES string of the molecule is CC(C)CN(C(C)C)S(=O)(=O)c1ccc2c(c1)CCN2. The van der Waals surface area contributed by atoms with Crippen LogP contribution in [0, 0.1) is 5.92 Å². The van der Waals surface area contributed by atoms with E-state index in [-0.39, 0.29) is 6.04 Å². The maximum Gasteiger partial charge on any atom is 0.243 e. The molecule has 0 fully saturated rings. The van der Waals surface area contributed by atoms with Crippen LogP contribution in [0.4, 0.5) is 5.69 Å². The second-order valence-electron chi connectivity index (χ2n) is 6.06. The molecule has 20 heavy (non-hydrogen) atoms. The van der Waals surface area contributed by atoms with Gasteiger partial charge in [-0.05, 0) is 49.9 Å². The molecule has 4 nitrogen and oxygen atoms in total. The summed E-state index contributed by atoms with van der Waals surface area (Å²) in [5.41, 5.74) is 2.16. The molecule has 0 aromatic heterocycles. The van der Waals surface area contributed by atoms with Gasteiger partial charge < -0.3 is 5.32 Å². The minimum absolute atomic E-state index is 0.0335. The predicted molar refractivity (Wildman–Crippen MR) is 82.5 cm³/mol. The molecule has 1 aliphatic rings. The first-order valence-corrected chi connectivity index (χ1v) is 8.65. The van der Waals surface area contributed by atoms with Gasteiger partial charge in [-0.15, -0.1) is 0 Å². The Morgan fingerprint density at radius 1 is 1.25 bits per heavy atom. The number of benzene rings is 1. The molecule has 1 aliphatic heterocycles. The van der Waals surface area contributed by atoms with Crippen molar-refractivity contribution >= 4 is 15.7 Å². The van der Waals surface area contributed by atoms with Crippen molar-refractivity contribution in [2.75, 3.05) is 18.4 Å². The molecule has 0 spiro atoms. The Morgan fingerprint density at radius 2 is 1.95 bits per heavy atom. The van der Waals surface area contributed by atoms with Gasteiger partial charge in [-0.3, -0.25) is 0 Å². The minimum Gasteiger partial charge on any atom is -0.384 e. The average molecular weight is 296 g/mol. The number of nitrogens with one attached hydrogen (secondary N) is 1. The number of sulfonamides is 1. The Bertz CT molecular complexity index is 580. The van der Waals surface area contributed by atoms with Crippen LogP contribution in [-0.2, 0) is 16.4 Å². The number of fused-ring (bicyclic) bond motifs is 1. The highest BCUT2D eigenvalue weighted by Gasteiger charge is 2.28. The van der Waals surface area contributed by atoms with Crippen LogP contribution in [0.3, 0.4) is 0 Å². The maximum atomic E-state index is 12.8. The van der Waals surface area contributed by atoms with Crippen molar-refractivity contribution in [3.63, 3.8) is 0 Å². The summed E-state index contributed by atoms with van der Waals surface area (Å²) in [6.07, 6.45) is 0.893. The topological polar surface area (TPSA) is 49.4 Å². The number of anilines is 1. The number of hydrogen-bond acceptors (Lipinski definition) is 3. The van der Waals surface area contributed by atoms with Gasteiger partial charge in [0, 0.05) is 24.8 Å². The van der Waals surface area contributed by atoms with E-state index in [1.165, 1.54) is 0 Å². The van der Waals surface area contributed by atoms with Gasteiger partial charge >= 0.3 is 0 Å². The molecule has 0 bridgehead atoms. The Balaban J connectivity index is 2.37. The Hall–Kier alpha value is -1.07. The van der Waals surface area contributed by atoms with Gasteiger partial charge in [-0.25, -0.2) is 8.42 Å². The fraction of sp³-hybridized carbons (Fsp3) is 0.600. The third kappa shape index (κ3) is 2.99. The van der Waals surface area contributed by atoms with Gasteiger partial charge in [0.25, 0.3) is 0 Å². The molecule has 1 heterocycles. The van der Waals surface area contributed by atoms with E-state index in [0.717, 1.165) is 24.2 Å². The zero-order valence-electron chi connectivity index (χ0n) is 12.7. The molecule has 5 heteroatoms. The largest absolute Gasteiger partial charge is 0.384 e. The van der Waals surface area contributed by atoms with Crippen LogP contribution in [0.15, 0.2) is 23.1 Å². The van der Waals surface area contributed by atoms with Crippen LogP contribution in [0.1, 0.15) is 33.3 Å². The van der Waals surface area contributed by atoms with E-state index in [0.29, 0.717) is 17.4 Å². The first kappa shape index (κ1) is 15.3. The first-order chi connectivity index (χ1) is 9.32. The number of rotatable bonds is 5. The number of nitrogens with zero attached hydrogens (tertiary/aromatic N) is 1. The second-order valence-corrected chi connectivity index (χ2v) is 7.95. The third-order valence-electron chi connectivity index (χ3n) is 3.51. The zero-order chi connectivity index (χ0) is 14.9. The maximum absolute atomic E-state index is 12.8. The summed E-state index contributed by atoms with van der Waals surface area (Å²) in [7, 11) is -3.41. The highest BCUT2D eigenvalue weighted by Crippen LogP contribution is 2.27. The van der Waals surface area contributed by atoms with Crippen molar-refractivity contribution in [3.8, 4) is 0 Å². The summed E-state index contributed by atoms with van der Waals surface area (Å²) in [6.45, 7) is 9.37. The van der Waals surface area contributed by atoms with Crippen molar-refractivity contribution in [3.05, 3.63) is 23.8 Å². The second kappa shape index (κ2) is 5.74. The molecule has 1 aromatic carbocycles. The Labute approximate surface area is 122 Å². The molecule has 0 saturated heterocycles. The highest BCUT2D eigenvalue weighted by atomic mass is 32.2. The molecule has 0 radical (unpaired) electrons. The van der Waals surface area contributed by atoms with Crippen LogP contribution in [0.2, 0.25) is 0 Å². The van der Waals surface area contributed by atoms with Gasteiger partial charge in [0.2, 0.25) is 10.0 Å². The van der Waals surface area contributed by atoms with E-state index in [1.54, 1.807) is 10.4 Å². The monoisotopic (exact) mass is 296 g/mol. The normalized spacial score (nSPS) is 14.9. The third-order valence-corrected chi connectivity index (χ3v) is 5.55. The Morgan fingerprint density at radius 3 is 2.55 bits per heavy atom. The molecule has 0 amide bonds. The lowest BCUT2D eigenvalue weighted by Crippen LogP contribution is -2.39. The van der Waals surface area contributed by atoms with E-state index in [2.05, 4.69) is 5.32 Å². The Kier molecular flexibility index (Phi) is 4.39. The summed E-state index contributed by atoms with van der Waals surface area (Å²) in [4.78, 5) is 0.411. The lowest BCUT2D eigenvalue weighted by Gasteiger charge is -2.27. The van der Waals surface area contributed by atoms with Crippen molar-refractivity contribution in [1.82, 2.24) is 4.31 Å². The first-order valence-electron chi connectivity index (χ1n) is 7.21. The predicted octanol–water partition coefficient (Wildman–Crippen LogP) is 2.71. The van der Waals surface area contributed by atoms with Crippen LogP contribution < -0.4 is 5.32 Å². The van der Waals surface area contributed by atoms with Crippen LogP contribution in [-0.4, -0.2) is 31.9 Å². The van der Waals surface area contributed by atoms with Gasteiger partial charge in [-0.2, -0.15) is 4.31 Å². The summed E-state index contributed by atoms with van der Waals surface area (Å²) in [6, 6.07) is 5.37. The van der Waals surface area contributed by atoms with Crippen LogP contribution in [0.25, 0.3) is 0 Å². The summed E-state index contributed by atoms with van der Waals surface area (Å²) in [5.74, 6) is 0.309. The molecule has 1 N–H and O–H groups in total. The molecule has 112 valence electrons. The van der Waals surface area contributed by atoms with Crippen molar-refractivity contribution in [2.24, 2.45) is 5.92 Å². The van der Waals surface area contributed by atoms with Crippen LogP contribution >= 0.6 is 0 Å².